The van der Waals surface area contributed by atoms with Crippen molar-refractivity contribution in [2.24, 2.45) is 0 Å². The molecule has 0 aliphatic heterocycles. The third-order valence-electron chi connectivity index (χ3n) is 6.95. The van der Waals surface area contributed by atoms with Crippen LogP contribution in [-0.2, 0) is 4.74 Å². The van der Waals surface area contributed by atoms with Gasteiger partial charge in [-0.05, 0) is 30.5 Å². The molecule has 210 valence electrons. The Bertz CT molecular complexity index is 1360. The minimum Gasteiger partial charge on any atom is -0.465 e. The number of fused-ring (bicyclic) bond motifs is 1. The number of thioether (sulfide) groups is 1. The molecule has 39 heavy (non-hydrogen) atoms. The summed E-state index contributed by atoms with van der Waals surface area (Å²) in [5.74, 6) is -1.72. The van der Waals surface area contributed by atoms with Crippen LogP contribution in [0, 0.1) is 11.6 Å². The number of halogens is 2. The number of rotatable bonds is 10. The zero-order chi connectivity index (χ0) is 27.8. The fourth-order valence-corrected chi connectivity index (χ4v) is 5.67. The van der Waals surface area contributed by atoms with Crippen LogP contribution in [0.4, 0.5) is 19.4 Å². The first-order valence-corrected chi connectivity index (χ1v) is 13.5. The number of hydrogen-bond donors (Lipinski definition) is 4. The summed E-state index contributed by atoms with van der Waals surface area (Å²) < 4.78 is 34.1. The van der Waals surface area contributed by atoms with Gasteiger partial charge in [0.2, 0.25) is 0 Å². The van der Waals surface area contributed by atoms with Gasteiger partial charge in [-0.15, -0.1) is 5.10 Å². The molecule has 2 heterocycles. The van der Waals surface area contributed by atoms with Gasteiger partial charge in [-0.3, -0.25) is 4.90 Å². The van der Waals surface area contributed by atoms with Crippen molar-refractivity contribution < 1.29 is 38.7 Å². The van der Waals surface area contributed by atoms with Crippen molar-refractivity contribution in [1.29, 1.82) is 0 Å². The van der Waals surface area contributed by atoms with Crippen molar-refractivity contribution in [1.82, 2.24) is 25.0 Å². The Labute approximate surface area is 225 Å². The second-order valence-electron chi connectivity index (χ2n) is 9.54. The summed E-state index contributed by atoms with van der Waals surface area (Å²) in [7, 11) is 0. The molecule has 0 bridgehead atoms. The van der Waals surface area contributed by atoms with Gasteiger partial charge in [0.05, 0.1) is 25.4 Å². The maximum absolute atomic E-state index is 13.9. The van der Waals surface area contributed by atoms with E-state index >= 15 is 0 Å². The minimum atomic E-state index is -1.31. The Morgan fingerprint density at radius 2 is 2.00 bits per heavy atom. The maximum atomic E-state index is 13.9. The molecule has 4 N–H and O–H groups in total. The molecule has 2 saturated carbocycles. The van der Waals surface area contributed by atoms with Crippen molar-refractivity contribution in [3.8, 4) is 0 Å². The molecule has 15 heteroatoms. The second-order valence-corrected chi connectivity index (χ2v) is 10.6. The third kappa shape index (κ3) is 5.28. The Morgan fingerprint density at radius 1 is 1.21 bits per heavy atom. The van der Waals surface area contributed by atoms with E-state index in [-0.39, 0.29) is 47.7 Å². The van der Waals surface area contributed by atoms with Crippen LogP contribution < -0.4 is 4.90 Å². The molecule has 0 spiro atoms. The number of nitrogens with zero attached hydrogens (tertiary/aromatic N) is 6. The predicted octanol–water partition coefficient (Wildman–Crippen LogP) is 2.09. The number of ether oxygens (including phenoxy) is 1. The molecule has 2 aliphatic rings. The van der Waals surface area contributed by atoms with Gasteiger partial charge in [0.15, 0.2) is 33.8 Å². The minimum absolute atomic E-state index is 0.00597. The summed E-state index contributed by atoms with van der Waals surface area (Å²) in [4.78, 5) is 22.6. The fourth-order valence-electron chi connectivity index (χ4n) is 4.98. The van der Waals surface area contributed by atoms with Gasteiger partial charge < -0.3 is 25.2 Å². The molecule has 1 amide bonds. The molecule has 0 saturated heterocycles. The van der Waals surface area contributed by atoms with Crippen molar-refractivity contribution in [3.63, 3.8) is 0 Å². The SMILES string of the molecule is CCCSc1nc(N(C(=O)O)[C@@H]2C[C@H]2c2ccc(F)c(F)c2)c2nnn([C@@H]3C[C@H](OCCO)[C@@H](O)[C@H]3O)c2n1. The zero-order valence-electron chi connectivity index (χ0n) is 20.9. The summed E-state index contributed by atoms with van der Waals surface area (Å²) in [5, 5.41) is 49.1. The van der Waals surface area contributed by atoms with E-state index in [0.717, 1.165) is 23.5 Å². The van der Waals surface area contributed by atoms with Crippen LogP contribution in [0.2, 0.25) is 0 Å². The number of aromatic nitrogens is 5. The smallest absolute Gasteiger partial charge is 0.413 e. The number of carboxylic acid groups (broad SMARTS) is 1. The first kappa shape index (κ1) is 27.6. The van der Waals surface area contributed by atoms with Crippen molar-refractivity contribution in [2.75, 3.05) is 23.9 Å². The summed E-state index contributed by atoms with van der Waals surface area (Å²) in [6.07, 6.45) is -3.26. The molecule has 2 aliphatic carbocycles. The molecule has 0 radical (unpaired) electrons. The van der Waals surface area contributed by atoms with Crippen LogP contribution in [0.3, 0.4) is 0 Å². The van der Waals surface area contributed by atoms with Gasteiger partial charge in [-0.1, -0.05) is 30.0 Å². The van der Waals surface area contributed by atoms with E-state index in [4.69, 9.17) is 9.84 Å². The number of aliphatic hydroxyl groups excluding tert-OH is 3. The molecule has 1 aromatic carbocycles. The van der Waals surface area contributed by atoms with Gasteiger partial charge in [0.25, 0.3) is 0 Å². The summed E-state index contributed by atoms with van der Waals surface area (Å²) in [6, 6.07) is 2.12. The van der Waals surface area contributed by atoms with Gasteiger partial charge in [-0.2, -0.15) is 0 Å². The first-order chi connectivity index (χ1) is 18.7. The molecule has 2 fully saturated rings. The highest BCUT2D eigenvalue weighted by atomic mass is 32.2. The molecular weight excluding hydrogens is 538 g/mol. The molecule has 3 aromatic rings. The van der Waals surface area contributed by atoms with Crippen LogP contribution in [0.25, 0.3) is 11.2 Å². The van der Waals surface area contributed by atoms with E-state index in [9.17, 15) is 28.9 Å². The van der Waals surface area contributed by atoms with Crippen LogP contribution in [-0.4, -0.2) is 94.8 Å². The van der Waals surface area contributed by atoms with E-state index in [0.29, 0.717) is 17.7 Å². The summed E-state index contributed by atoms with van der Waals surface area (Å²) in [5.41, 5.74) is 0.723. The maximum Gasteiger partial charge on any atom is 0.413 e. The second kappa shape index (κ2) is 11.3. The number of anilines is 1. The third-order valence-corrected chi connectivity index (χ3v) is 8.00. The van der Waals surface area contributed by atoms with Crippen LogP contribution in [0.5, 0.6) is 0 Å². The molecule has 5 rings (SSSR count). The molecule has 2 aromatic heterocycles. The molecule has 12 nitrogen and oxygen atoms in total. The highest BCUT2D eigenvalue weighted by molar-refractivity contribution is 7.99. The number of hydrogen-bond acceptors (Lipinski definition) is 10. The molecule has 0 unspecified atom stereocenters. The number of benzene rings is 1. The average molecular weight is 567 g/mol. The average Bonchev–Trinajstić information content (AvgIpc) is 3.49. The van der Waals surface area contributed by atoms with Crippen LogP contribution >= 0.6 is 11.8 Å². The summed E-state index contributed by atoms with van der Waals surface area (Å²) >= 11 is 1.31. The van der Waals surface area contributed by atoms with Crippen molar-refractivity contribution in [2.45, 2.75) is 67.7 Å². The summed E-state index contributed by atoms with van der Waals surface area (Å²) in [6.45, 7) is 1.71. The lowest BCUT2D eigenvalue weighted by Gasteiger charge is -2.20. The Kier molecular flexibility index (Phi) is 7.96. The Balaban J connectivity index is 1.53. The molecule has 6 atom stereocenters. The van der Waals surface area contributed by atoms with Crippen LogP contribution in [0.15, 0.2) is 23.4 Å². The largest absolute Gasteiger partial charge is 0.465 e. The fraction of sp³-hybridized carbons (Fsp3) is 0.542. The van der Waals surface area contributed by atoms with Crippen molar-refractivity contribution >= 4 is 34.8 Å². The number of amides is 1. The number of aliphatic hydroxyl groups is 3. The Morgan fingerprint density at radius 3 is 2.69 bits per heavy atom. The quantitative estimate of drug-likeness (QED) is 0.210. The highest BCUT2D eigenvalue weighted by Crippen LogP contribution is 2.47. The standard InChI is InChI=1S/C24H28F2N6O6S/c1-2-7-39-23-27-21(31(24(36)37)15-9-12(15)11-3-4-13(25)14(26)8-11)18-22(28-23)32(30-29-18)16-10-17(38-6-5-33)20(35)19(16)34/h3-4,8,12,15-17,19-20,33-35H,2,5-7,9-10H2,1H3,(H,36,37)/t12-,15+,16+,17-,19-,20+/m0/s1. The highest BCUT2D eigenvalue weighted by Gasteiger charge is 2.48. The molecular formula is C24H28F2N6O6S. The van der Waals surface area contributed by atoms with E-state index in [1.807, 2.05) is 6.92 Å². The van der Waals surface area contributed by atoms with E-state index in [2.05, 4.69) is 20.3 Å². The van der Waals surface area contributed by atoms with Gasteiger partial charge in [-0.25, -0.2) is 28.2 Å². The van der Waals surface area contributed by atoms with Gasteiger partial charge >= 0.3 is 6.09 Å². The van der Waals surface area contributed by atoms with Crippen molar-refractivity contribution in [3.05, 3.63) is 35.4 Å². The Hall–Kier alpha value is -2.98. The van der Waals surface area contributed by atoms with Gasteiger partial charge in [0.1, 0.15) is 12.2 Å². The monoisotopic (exact) mass is 566 g/mol. The lowest BCUT2D eigenvalue weighted by molar-refractivity contribution is -0.0629. The van der Waals surface area contributed by atoms with E-state index < -0.39 is 48.1 Å². The zero-order valence-corrected chi connectivity index (χ0v) is 21.7. The topological polar surface area (TPSA) is 167 Å². The lowest BCUT2D eigenvalue weighted by Crippen LogP contribution is -2.34. The van der Waals surface area contributed by atoms with Gasteiger partial charge in [0, 0.05) is 24.1 Å². The first-order valence-electron chi connectivity index (χ1n) is 12.6. The van der Waals surface area contributed by atoms with E-state index in [1.54, 1.807) is 0 Å². The lowest BCUT2D eigenvalue weighted by atomic mass is 10.1. The normalized spacial score (nSPS) is 26.3. The predicted molar refractivity (Wildman–Crippen MR) is 135 cm³/mol. The number of carbonyl (C=O) groups is 1. The van der Waals surface area contributed by atoms with Crippen LogP contribution in [0.1, 0.15) is 43.7 Å². The van der Waals surface area contributed by atoms with E-state index in [1.165, 1.54) is 22.5 Å².